The number of carbonyl (C=O) groups excluding carboxylic acids is 2. The highest BCUT2D eigenvalue weighted by Crippen LogP contribution is 2.08. The molecule has 0 saturated carbocycles. The van der Waals surface area contributed by atoms with E-state index in [1.54, 1.807) is 24.4 Å². The van der Waals surface area contributed by atoms with Gasteiger partial charge < -0.3 is 5.32 Å². The van der Waals surface area contributed by atoms with Crippen molar-refractivity contribution in [2.24, 2.45) is 0 Å². The number of amides is 2. The fourth-order valence-electron chi connectivity index (χ4n) is 1.80. The molecule has 7 nitrogen and oxygen atoms in total. The first-order chi connectivity index (χ1) is 10.7. The number of likely N-dealkylation sites (N-methyl/N-ethyl adjacent to an activating group) is 1. The van der Waals surface area contributed by atoms with Gasteiger partial charge >= 0.3 is 0 Å². The normalized spacial score (nSPS) is 12.1. The number of nitrogens with one attached hydrogen (secondary N) is 1. The molecule has 1 rings (SSSR count). The molecule has 0 fully saturated rings. The van der Waals surface area contributed by atoms with Crippen molar-refractivity contribution in [2.75, 3.05) is 19.1 Å². The number of hydrogen-bond acceptors (Lipinski definition) is 5. The predicted molar refractivity (Wildman–Crippen MR) is 85.3 cm³/mol. The Morgan fingerprint density at radius 1 is 1.43 bits per heavy atom. The summed E-state index contributed by atoms with van der Waals surface area (Å²) >= 11 is 5.70. The lowest BCUT2D eigenvalue weighted by molar-refractivity contribution is -0.128. The number of carbonyl (C=O) groups is 2. The minimum Gasteiger partial charge on any atom is -0.339 e. The highest BCUT2D eigenvalue weighted by atomic mass is 35.5. The van der Waals surface area contributed by atoms with Crippen molar-refractivity contribution in [2.45, 2.75) is 11.9 Å². The van der Waals surface area contributed by atoms with Crippen LogP contribution in [0, 0.1) is 11.5 Å². The molecule has 0 saturated heterocycles. The van der Waals surface area contributed by atoms with Crippen molar-refractivity contribution in [3.05, 3.63) is 35.4 Å². The van der Waals surface area contributed by atoms with Crippen LogP contribution in [-0.4, -0.2) is 50.2 Å². The Balaban J connectivity index is 3.02. The third kappa shape index (κ3) is 5.88. The maximum atomic E-state index is 12.2. The predicted octanol–water partition coefficient (Wildman–Crippen LogP) is 0.508. The van der Waals surface area contributed by atoms with Gasteiger partial charge in [0.25, 0.3) is 11.8 Å². The monoisotopic (exact) mass is 357 g/mol. The molecule has 9 heteroatoms. The van der Waals surface area contributed by atoms with Crippen molar-refractivity contribution in [3.63, 3.8) is 0 Å². The average Bonchev–Trinajstić information content (AvgIpc) is 2.51. The molecule has 0 aromatic heterocycles. The van der Waals surface area contributed by atoms with Crippen molar-refractivity contribution in [1.82, 2.24) is 10.2 Å². The molecule has 1 atom stereocenters. The van der Waals surface area contributed by atoms with Gasteiger partial charge in [0.2, 0.25) is 0 Å². The number of benzene rings is 1. The van der Waals surface area contributed by atoms with Crippen molar-refractivity contribution in [3.8, 4) is 6.19 Å². The van der Waals surface area contributed by atoms with Crippen LogP contribution in [0.3, 0.4) is 0 Å². The first-order valence-electron chi connectivity index (χ1n) is 6.48. The molecule has 0 aliphatic carbocycles. The van der Waals surface area contributed by atoms with Crippen LogP contribution in [0.15, 0.2) is 24.3 Å². The van der Waals surface area contributed by atoms with Gasteiger partial charge in [-0.2, -0.15) is 5.26 Å². The number of nitriles is 1. The van der Waals surface area contributed by atoms with Crippen LogP contribution >= 0.6 is 11.6 Å². The number of hydrogen-bond donors (Lipinski definition) is 1. The molecule has 0 aliphatic heterocycles. The van der Waals surface area contributed by atoms with E-state index in [9.17, 15) is 18.0 Å². The summed E-state index contributed by atoms with van der Waals surface area (Å²) in [5, 5.41) is 11.1. The number of alkyl halides is 1. The van der Waals surface area contributed by atoms with Crippen molar-refractivity contribution in [1.29, 1.82) is 5.26 Å². The van der Waals surface area contributed by atoms with Gasteiger partial charge in [-0.25, -0.2) is 8.42 Å². The molecule has 1 N–H and O–H groups in total. The summed E-state index contributed by atoms with van der Waals surface area (Å²) in [7, 11) is -2.35. The van der Waals surface area contributed by atoms with Gasteiger partial charge in [0.15, 0.2) is 6.19 Å². The smallest absolute Gasteiger partial charge is 0.258 e. The molecular weight excluding hydrogens is 342 g/mol. The van der Waals surface area contributed by atoms with E-state index < -0.39 is 33.4 Å². The lowest BCUT2D eigenvalue weighted by atomic mass is 10.1. The van der Waals surface area contributed by atoms with Crippen LogP contribution < -0.4 is 5.32 Å². The van der Waals surface area contributed by atoms with E-state index in [0.29, 0.717) is 10.5 Å². The van der Waals surface area contributed by atoms with Crippen LogP contribution in [0.4, 0.5) is 0 Å². The van der Waals surface area contributed by atoms with Crippen molar-refractivity contribution < 1.29 is 18.0 Å². The zero-order valence-corrected chi connectivity index (χ0v) is 14.2. The zero-order chi connectivity index (χ0) is 17.6. The molecule has 2 amide bonds. The third-order valence-corrected chi connectivity index (χ3v) is 4.14. The Labute approximate surface area is 139 Å². The average molecular weight is 358 g/mol. The summed E-state index contributed by atoms with van der Waals surface area (Å²) in [4.78, 5) is 24.9. The lowest BCUT2D eigenvalue weighted by Gasteiger charge is -2.19. The highest BCUT2D eigenvalue weighted by molar-refractivity contribution is 7.90. The fraction of sp³-hybridized carbons (Fsp3) is 0.357. The summed E-state index contributed by atoms with van der Waals surface area (Å²) in [6.45, 7) is 0. The zero-order valence-electron chi connectivity index (χ0n) is 12.6. The standard InChI is InChI=1S/C14H16ClN3O4S/c1-18(9-16)14(20)12(8-23(2,21)22)17-13(19)11-5-3-4-10(6-11)7-15/h3-6,12H,7-8H2,1-2H3,(H,17,19). The van der Waals surface area contributed by atoms with Gasteiger partial charge in [-0.1, -0.05) is 12.1 Å². The van der Waals surface area contributed by atoms with Crippen LogP contribution in [-0.2, 0) is 20.5 Å². The van der Waals surface area contributed by atoms with Gasteiger partial charge in [-0.3, -0.25) is 14.5 Å². The summed E-state index contributed by atoms with van der Waals surface area (Å²) in [5.41, 5.74) is 0.952. The minimum absolute atomic E-state index is 0.212. The Morgan fingerprint density at radius 2 is 2.09 bits per heavy atom. The second kappa shape index (κ2) is 7.94. The molecule has 124 valence electrons. The van der Waals surface area contributed by atoms with Crippen LogP contribution in [0.1, 0.15) is 15.9 Å². The molecular formula is C14H16ClN3O4S. The minimum atomic E-state index is -3.54. The summed E-state index contributed by atoms with van der Waals surface area (Å²) in [5.74, 6) is -1.81. The van der Waals surface area contributed by atoms with Crippen LogP contribution in [0.5, 0.6) is 0 Å². The third-order valence-electron chi connectivity index (χ3n) is 2.90. The number of nitrogens with zero attached hydrogens (tertiary/aromatic N) is 2. The molecule has 1 aromatic carbocycles. The molecule has 1 unspecified atom stereocenters. The maximum Gasteiger partial charge on any atom is 0.258 e. The van der Waals surface area contributed by atoms with Gasteiger partial charge in [0.1, 0.15) is 15.9 Å². The summed E-state index contributed by atoms with van der Waals surface area (Å²) in [6.07, 6.45) is 2.53. The van der Waals surface area contributed by atoms with E-state index in [1.165, 1.54) is 13.1 Å². The van der Waals surface area contributed by atoms with E-state index in [-0.39, 0.29) is 11.4 Å². The Hall–Kier alpha value is -2.11. The van der Waals surface area contributed by atoms with Gasteiger partial charge in [0, 0.05) is 24.7 Å². The summed E-state index contributed by atoms with van der Waals surface area (Å²) in [6, 6.07) is 5.06. The van der Waals surface area contributed by atoms with E-state index in [2.05, 4.69) is 5.32 Å². The lowest BCUT2D eigenvalue weighted by Crippen LogP contribution is -2.49. The highest BCUT2D eigenvalue weighted by Gasteiger charge is 2.28. The van der Waals surface area contributed by atoms with Gasteiger partial charge in [-0.05, 0) is 17.7 Å². The Morgan fingerprint density at radius 3 is 2.61 bits per heavy atom. The molecule has 0 spiro atoms. The second-order valence-corrected chi connectivity index (χ2v) is 7.40. The molecule has 0 radical (unpaired) electrons. The molecule has 23 heavy (non-hydrogen) atoms. The molecule has 0 bridgehead atoms. The summed E-state index contributed by atoms with van der Waals surface area (Å²) < 4.78 is 22.9. The van der Waals surface area contributed by atoms with Crippen molar-refractivity contribution >= 4 is 33.3 Å². The first-order valence-corrected chi connectivity index (χ1v) is 9.08. The topological polar surface area (TPSA) is 107 Å². The molecule has 1 aromatic rings. The van der Waals surface area contributed by atoms with Gasteiger partial charge in [-0.15, -0.1) is 11.6 Å². The maximum absolute atomic E-state index is 12.2. The largest absolute Gasteiger partial charge is 0.339 e. The Kier molecular flexibility index (Phi) is 6.54. The van der Waals surface area contributed by atoms with E-state index in [0.717, 1.165) is 6.26 Å². The number of rotatable bonds is 6. The SMILES string of the molecule is CN(C#N)C(=O)C(CS(C)(=O)=O)NC(=O)c1cccc(CCl)c1. The number of sulfone groups is 1. The Bertz CT molecular complexity index is 743. The van der Waals surface area contributed by atoms with Gasteiger partial charge in [0.05, 0.1) is 5.75 Å². The van der Waals surface area contributed by atoms with E-state index in [4.69, 9.17) is 16.9 Å². The van der Waals surface area contributed by atoms with Crippen LogP contribution in [0.25, 0.3) is 0 Å². The quantitative estimate of drug-likeness (QED) is 0.453. The van der Waals surface area contributed by atoms with E-state index in [1.807, 2.05) is 0 Å². The molecule has 0 aliphatic rings. The number of halogens is 1. The fourth-order valence-corrected chi connectivity index (χ4v) is 2.80. The molecule has 0 heterocycles. The van der Waals surface area contributed by atoms with E-state index >= 15 is 0 Å². The first kappa shape index (κ1) is 18.9. The van der Waals surface area contributed by atoms with Crippen LogP contribution in [0.2, 0.25) is 0 Å². The second-order valence-electron chi connectivity index (χ2n) is 4.95.